The minimum absolute atomic E-state index is 0.00470. The highest BCUT2D eigenvalue weighted by Crippen LogP contribution is 2.41. The van der Waals surface area contributed by atoms with Gasteiger partial charge in [-0.3, -0.25) is 19.2 Å². The second kappa shape index (κ2) is 9.71. The Kier molecular flexibility index (Phi) is 6.65. The van der Waals surface area contributed by atoms with E-state index in [9.17, 15) is 18.0 Å². The van der Waals surface area contributed by atoms with Gasteiger partial charge in [0.2, 0.25) is 5.91 Å². The Morgan fingerprint density at radius 2 is 1.94 bits per heavy atom. The molecule has 35 heavy (non-hydrogen) atoms. The van der Waals surface area contributed by atoms with Crippen LogP contribution in [0.5, 0.6) is 0 Å². The molecule has 2 fully saturated rings. The lowest BCUT2D eigenvalue weighted by Crippen LogP contribution is -2.42. The number of hydrogen-bond donors (Lipinski definition) is 1. The summed E-state index contributed by atoms with van der Waals surface area (Å²) in [5.41, 5.74) is 2.07. The smallest absolute Gasteiger partial charge is 0.274 e. The van der Waals surface area contributed by atoms with Gasteiger partial charge < -0.3 is 15.0 Å². The fraction of sp³-hybridized carbons (Fsp3) is 0.542. The van der Waals surface area contributed by atoms with Crippen LogP contribution in [-0.2, 0) is 25.1 Å². The summed E-state index contributed by atoms with van der Waals surface area (Å²) in [5.74, 6) is -0.524. The summed E-state index contributed by atoms with van der Waals surface area (Å²) in [6, 6.07) is 6.99. The summed E-state index contributed by atoms with van der Waals surface area (Å²) in [4.78, 5) is 29.0. The molecule has 0 saturated carbocycles. The molecule has 188 valence electrons. The lowest BCUT2D eigenvalue weighted by Gasteiger charge is -2.34. The van der Waals surface area contributed by atoms with Crippen LogP contribution in [0.25, 0.3) is 11.3 Å². The maximum Gasteiger partial charge on any atom is 0.274 e. The van der Waals surface area contributed by atoms with Crippen LogP contribution in [0.1, 0.15) is 41.9 Å². The lowest BCUT2D eigenvalue weighted by molar-refractivity contribution is -0.119. The molecule has 11 heteroatoms. The number of nitrogens with one attached hydrogen (secondary N) is 1. The van der Waals surface area contributed by atoms with Crippen molar-refractivity contribution in [2.45, 2.75) is 36.5 Å². The van der Waals surface area contributed by atoms with E-state index in [4.69, 9.17) is 9.84 Å². The topological polar surface area (TPSA) is 114 Å². The lowest BCUT2D eigenvalue weighted by atomic mass is 10.0. The molecular weight excluding hydrogens is 470 g/mol. The monoisotopic (exact) mass is 501 g/mol. The fourth-order valence-corrected chi connectivity index (χ4v) is 6.86. The Morgan fingerprint density at radius 1 is 1.17 bits per heavy atom. The second-order valence-corrected chi connectivity index (χ2v) is 11.3. The number of nitrogens with zero attached hydrogens (tertiary/aromatic N) is 4. The van der Waals surface area contributed by atoms with E-state index >= 15 is 0 Å². The van der Waals surface area contributed by atoms with Crippen LogP contribution in [0.15, 0.2) is 29.2 Å². The molecular formula is C24H31N5O5S. The van der Waals surface area contributed by atoms with Crippen LogP contribution < -0.4 is 5.32 Å². The maximum atomic E-state index is 13.5. The number of likely N-dealkylation sites (tertiary alicyclic amines) is 1. The van der Waals surface area contributed by atoms with Crippen LogP contribution >= 0.6 is 0 Å². The van der Waals surface area contributed by atoms with Crippen LogP contribution in [0, 0.1) is 0 Å². The van der Waals surface area contributed by atoms with E-state index in [2.05, 4.69) is 10.2 Å². The Labute approximate surface area is 205 Å². The van der Waals surface area contributed by atoms with E-state index in [1.54, 1.807) is 17.0 Å². The van der Waals surface area contributed by atoms with Crippen molar-refractivity contribution in [3.63, 3.8) is 0 Å². The first-order chi connectivity index (χ1) is 16.8. The third kappa shape index (κ3) is 4.72. The van der Waals surface area contributed by atoms with E-state index < -0.39 is 9.84 Å². The highest BCUT2D eigenvalue weighted by Gasteiger charge is 2.38. The third-order valence-corrected chi connectivity index (χ3v) is 8.64. The number of carbonyl (C=O) groups excluding carboxylic acids is 2. The Balaban J connectivity index is 1.54. The minimum Gasteiger partial charge on any atom is -0.378 e. The van der Waals surface area contributed by atoms with E-state index in [1.165, 1.54) is 6.92 Å². The number of ether oxygens (including phenoxy) is 1. The number of piperidine rings is 1. The molecule has 2 amide bonds. The first kappa shape index (κ1) is 24.0. The van der Waals surface area contributed by atoms with Gasteiger partial charge in [-0.25, -0.2) is 8.42 Å². The predicted molar refractivity (Wildman–Crippen MR) is 129 cm³/mol. The molecule has 0 radical (unpaired) electrons. The average Bonchev–Trinajstić information content (AvgIpc) is 3.23. The molecule has 5 rings (SSSR count). The summed E-state index contributed by atoms with van der Waals surface area (Å²) in [5, 5.41) is 7.67. The summed E-state index contributed by atoms with van der Waals surface area (Å²) >= 11 is 0. The molecule has 0 spiro atoms. The van der Waals surface area contributed by atoms with Crippen molar-refractivity contribution in [1.29, 1.82) is 0 Å². The van der Waals surface area contributed by atoms with E-state index in [1.807, 2.05) is 16.8 Å². The molecule has 3 aliphatic heterocycles. The van der Waals surface area contributed by atoms with Gasteiger partial charge in [0.1, 0.15) is 0 Å². The number of morpholine rings is 1. The van der Waals surface area contributed by atoms with Gasteiger partial charge in [0.25, 0.3) is 5.91 Å². The largest absolute Gasteiger partial charge is 0.378 e. The van der Waals surface area contributed by atoms with E-state index in [0.717, 1.165) is 31.6 Å². The van der Waals surface area contributed by atoms with Gasteiger partial charge in [0.05, 0.1) is 35.6 Å². The molecule has 0 bridgehead atoms. The van der Waals surface area contributed by atoms with Crippen molar-refractivity contribution < 1.29 is 22.7 Å². The standard InChI is InChI=1S/C24H31N5O5S/c1-17(30)25-8-10-27-9-4-5-18(15-27)29-23-19-6-2-3-7-21(19)35(32,33)16-20(23)22(26-29)24(31)28-11-13-34-14-12-28/h2-3,6-7,18H,4-5,8-16H2,1H3,(H,25,30). The normalized spacial score (nSPS) is 21.7. The molecule has 1 aromatic carbocycles. The van der Waals surface area contributed by atoms with Crippen LogP contribution in [-0.4, -0.2) is 92.3 Å². The van der Waals surface area contributed by atoms with Crippen molar-refractivity contribution >= 4 is 21.7 Å². The molecule has 4 heterocycles. The minimum atomic E-state index is -3.59. The first-order valence-corrected chi connectivity index (χ1v) is 13.8. The van der Waals surface area contributed by atoms with Gasteiger partial charge in [-0.15, -0.1) is 0 Å². The summed E-state index contributed by atoms with van der Waals surface area (Å²) in [6.45, 7) is 6.29. The van der Waals surface area contributed by atoms with Gasteiger partial charge >= 0.3 is 0 Å². The van der Waals surface area contributed by atoms with Crippen molar-refractivity contribution in [3.05, 3.63) is 35.5 Å². The zero-order valence-electron chi connectivity index (χ0n) is 19.9. The van der Waals surface area contributed by atoms with E-state index in [0.29, 0.717) is 50.5 Å². The maximum absolute atomic E-state index is 13.5. The quantitative estimate of drug-likeness (QED) is 0.652. The SMILES string of the molecule is CC(=O)NCCN1CCCC(n2nc(C(=O)N3CCOCC3)c3c2-c2ccccc2S(=O)(=O)C3)C1. The Hall–Kier alpha value is -2.76. The predicted octanol–water partition coefficient (Wildman–Crippen LogP) is 1.08. The molecule has 1 N–H and O–H groups in total. The zero-order chi connectivity index (χ0) is 24.6. The van der Waals surface area contributed by atoms with Crippen LogP contribution in [0.3, 0.4) is 0 Å². The number of hydrogen-bond acceptors (Lipinski definition) is 7. The van der Waals surface area contributed by atoms with Gasteiger partial charge in [-0.05, 0) is 25.5 Å². The number of amides is 2. The molecule has 1 aromatic heterocycles. The van der Waals surface area contributed by atoms with Crippen LogP contribution in [0.2, 0.25) is 0 Å². The number of carbonyl (C=O) groups is 2. The zero-order valence-corrected chi connectivity index (χ0v) is 20.7. The van der Waals surface area contributed by atoms with Crippen molar-refractivity contribution in [2.24, 2.45) is 0 Å². The van der Waals surface area contributed by atoms with Crippen molar-refractivity contribution in [1.82, 2.24) is 24.9 Å². The molecule has 2 aromatic rings. The van der Waals surface area contributed by atoms with Gasteiger partial charge in [-0.2, -0.15) is 5.10 Å². The second-order valence-electron chi connectivity index (χ2n) is 9.36. The highest BCUT2D eigenvalue weighted by atomic mass is 32.2. The number of rotatable bonds is 5. The van der Waals surface area contributed by atoms with E-state index in [-0.39, 0.29) is 34.2 Å². The summed E-state index contributed by atoms with van der Waals surface area (Å²) in [7, 11) is -3.59. The average molecular weight is 502 g/mol. The number of fused-ring (bicyclic) bond motifs is 3. The number of aromatic nitrogens is 2. The Morgan fingerprint density at radius 3 is 2.71 bits per heavy atom. The van der Waals surface area contributed by atoms with Gasteiger partial charge in [0.15, 0.2) is 15.5 Å². The van der Waals surface area contributed by atoms with Crippen molar-refractivity contribution in [2.75, 3.05) is 52.5 Å². The molecule has 1 atom stereocenters. The molecule has 1 unspecified atom stereocenters. The number of sulfone groups is 1. The number of benzene rings is 1. The molecule has 3 aliphatic rings. The van der Waals surface area contributed by atoms with Gasteiger partial charge in [-0.1, -0.05) is 18.2 Å². The van der Waals surface area contributed by atoms with Crippen molar-refractivity contribution in [3.8, 4) is 11.3 Å². The molecule has 2 saturated heterocycles. The van der Waals surface area contributed by atoms with Gasteiger partial charge in [0, 0.05) is 50.8 Å². The highest BCUT2D eigenvalue weighted by molar-refractivity contribution is 7.90. The fourth-order valence-electron chi connectivity index (χ4n) is 5.27. The molecule has 0 aliphatic carbocycles. The Bertz CT molecular complexity index is 1230. The summed E-state index contributed by atoms with van der Waals surface area (Å²) in [6.07, 6.45) is 1.83. The summed E-state index contributed by atoms with van der Waals surface area (Å²) < 4.78 is 33.6. The first-order valence-electron chi connectivity index (χ1n) is 12.1. The van der Waals surface area contributed by atoms with Crippen LogP contribution in [0.4, 0.5) is 0 Å². The molecule has 10 nitrogen and oxygen atoms in total. The third-order valence-electron chi connectivity index (χ3n) is 6.95.